The van der Waals surface area contributed by atoms with Gasteiger partial charge in [0, 0.05) is 5.92 Å². The van der Waals surface area contributed by atoms with E-state index in [9.17, 15) is 15.3 Å². The number of aliphatic hydroxyl groups excluding tert-OH is 4. The van der Waals surface area contributed by atoms with Crippen LogP contribution in [0.2, 0.25) is 0 Å². The van der Waals surface area contributed by atoms with Crippen LogP contribution >= 0.6 is 0 Å². The molecule has 1 saturated carbocycles. The molecule has 5 unspecified atom stereocenters. The lowest BCUT2D eigenvalue weighted by atomic mass is 9.85. The third-order valence-corrected chi connectivity index (χ3v) is 3.12. The first-order chi connectivity index (χ1) is 6.65. The van der Waals surface area contributed by atoms with Crippen LogP contribution in [0.5, 0.6) is 0 Å². The molecule has 2 fully saturated rings. The van der Waals surface area contributed by atoms with Crippen LogP contribution in [0.25, 0.3) is 0 Å². The van der Waals surface area contributed by atoms with Crippen molar-refractivity contribution in [3.8, 4) is 0 Å². The Morgan fingerprint density at radius 3 is 2.21 bits per heavy atom. The van der Waals surface area contributed by atoms with Crippen LogP contribution in [0.1, 0.15) is 12.8 Å². The highest BCUT2D eigenvalue weighted by Gasteiger charge is 2.49. The molecule has 0 radical (unpaired) electrons. The van der Waals surface area contributed by atoms with Gasteiger partial charge in [0.15, 0.2) is 6.29 Å². The lowest BCUT2D eigenvalue weighted by Gasteiger charge is -2.40. The normalized spacial score (nSPS) is 49.3. The van der Waals surface area contributed by atoms with Crippen LogP contribution in [0.15, 0.2) is 0 Å². The van der Waals surface area contributed by atoms with Crippen LogP contribution < -0.4 is 0 Å². The second-order valence-electron chi connectivity index (χ2n) is 4.14. The summed E-state index contributed by atoms with van der Waals surface area (Å²) in [7, 11) is 0. The molecule has 5 atom stereocenters. The van der Waals surface area contributed by atoms with Crippen molar-refractivity contribution in [3.63, 3.8) is 0 Å². The van der Waals surface area contributed by atoms with Crippen molar-refractivity contribution in [2.75, 3.05) is 6.61 Å². The molecule has 1 aliphatic carbocycles. The fourth-order valence-corrected chi connectivity index (χ4v) is 2.17. The van der Waals surface area contributed by atoms with Crippen molar-refractivity contribution in [1.29, 1.82) is 0 Å². The molecule has 2 rings (SSSR count). The van der Waals surface area contributed by atoms with Gasteiger partial charge in [0.25, 0.3) is 0 Å². The van der Waals surface area contributed by atoms with E-state index in [0.29, 0.717) is 0 Å². The van der Waals surface area contributed by atoms with Gasteiger partial charge in [-0.25, -0.2) is 0 Å². The molecule has 1 heterocycles. The summed E-state index contributed by atoms with van der Waals surface area (Å²) in [6.45, 7) is -0.339. The maximum absolute atomic E-state index is 9.77. The molecule has 5 nitrogen and oxygen atoms in total. The van der Waals surface area contributed by atoms with E-state index in [-0.39, 0.29) is 18.4 Å². The third-order valence-electron chi connectivity index (χ3n) is 3.12. The maximum atomic E-state index is 9.77. The molecule has 5 heteroatoms. The summed E-state index contributed by atoms with van der Waals surface area (Å²) in [6.07, 6.45) is -2.07. The molecular formula is C9H16O5. The molecule has 0 aromatic rings. The first-order valence-electron chi connectivity index (χ1n) is 4.95. The Morgan fingerprint density at radius 2 is 1.71 bits per heavy atom. The van der Waals surface area contributed by atoms with Crippen molar-refractivity contribution in [3.05, 3.63) is 0 Å². The second-order valence-corrected chi connectivity index (χ2v) is 4.14. The van der Waals surface area contributed by atoms with Gasteiger partial charge in [0.05, 0.1) is 12.7 Å². The smallest absolute Gasteiger partial charge is 0.181 e. The topological polar surface area (TPSA) is 90.2 Å². The molecule has 4 N–H and O–H groups in total. The van der Waals surface area contributed by atoms with Gasteiger partial charge < -0.3 is 25.2 Å². The largest absolute Gasteiger partial charge is 0.394 e. The molecule has 0 bridgehead atoms. The minimum Gasteiger partial charge on any atom is -0.394 e. The number of aliphatic hydroxyl groups is 4. The number of ether oxygens (including phenoxy) is 1. The quantitative estimate of drug-likeness (QED) is 0.437. The third kappa shape index (κ3) is 1.66. The minimum atomic E-state index is -1.29. The molecule has 1 aliphatic heterocycles. The Hall–Kier alpha value is -0.200. The zero-order chi connectivity index (χ0) is 10.3. The molecular weight excluding hydrogens is 188 g/mol. The van der Waals surface area contributed by atoms with Crippen LogP contribution in [-0.4, -0.2) is 51.6 Å². The summed E-state index contributed by atoms with van der Waals surface area (Å²) in [6, 6.07) is 0. The van der Waals surface area contributed by atoms with Crippen molar-refractivity contribution in [1.82, 2.24) is 0 Å². The van der Waals surface area contributed by atoms with E-state index >= 15 is 0 Å². The van der Waals surface area contributed by atoms with Crippen LogP contribution in [0.4, 0.5) is 0 Å². The predicted octanol–water partition coefficient (Wildman–Crippen LogP) is -1.56. The zero-order valence-corrected chi connectivity index (χ0v) is 7.78. The van der Waals surface area contributed by atoms with Crippen molar-refractivity contribution >= 4 is 0 Å². The van der Waals surface area contributed by atoms with Crippen LogP contribution in [0, 0.1) is 11.8 Å². The Balaban J connectivity index is 2.09. The van der Waals surface area contributed by atoms with Crippen molar-refractivity contribution in [2.24, 2.45) is 11.8 Å². The summed E-state index contributed by atoms with van der Waals surface area (Å²) >= 11 is 0. The Morgan fingerprint density at radius 1 is 1.07 bits per heavy atom. The van der Waals surface area contributed by atoms with Gasteiger partial charge in [-0.1, -0.05) is 0 Å². The van der Waals surface area contributed by atoms with Crippen LogP contribution in [0.3, 0.4) is 0 Å². The highest BCUT2D eigenvalue weighted by molar-refractivity contribution is 4.96. The Bertz CT molecular complexity index is 205. The van der Waals surface area contributed by atoms with E-state index in [2.05, 4.69) is 0 Å². The summed E-state index contributed by atoms with van der Waals surface area (Å²) in [5, 5.41) is 37.6. The van der Waals surface area contributed by atoms with Crippen molar-refractivity contribution < 1.29 is 25.2 Å². The van der Waals surface area contributed by atoms with Gasteiger partial charge in [0.2, 0.25) is 0 Å². The van der Waals surface area contributed by atoms with E-state index in [0.717, 1.165) is 12.8 Å². The van der Waals surface area contributed by atoms with E-state index in [1.165, 1.54) is 0 Å². The molecule has 2 aliphatic rings. The predicted molar refractivity (Wildman–Crippen MR) is 46.2 cm³/mol. The molecule has 82 valence electrons. The zero-order valence-electron chi connectivity index (χ0n) is 7.78. The standard InChI is InChI=1S/C9H16O5/c10-3-5-7(11)6(4-1-2-4)8(12)9(13)14-5/h4-13H,1-3H2. The van der Waals surface area contributed by atoms with Crippen LogP contribution in [-0.2, 0) is 4.74 Å². The number of hydrogen-bond acceptors (Lipinski definition) is 5. The van der Waals surface area contributed by atoms with Gasteiger partial charge in [-0.3, -0.25) is 0 Å². The van der Waals surface area contributed by atoms with Gasteiger partial charge in [-0.05, 0) is 18.8 Å². The average Bonchev–Trinajstić information content (AvgIpc) is 2.95. The summed E-state index contributed by atoms with van der Waals surface area (Å²) in [5.41, 5.74) is 0. The monoisotopic (exact) mass is 204 g/mol. The maximum Gasteiger partial charge on any atom is 0.181 e. The van der Waals surface area contributed by atoms with E-state index in [1.54, 1.807) is 0 Å². The SMILES string of the molecule is OCC1OC(O)C(O)C(C2CC2)C1O. The Labute approximate surface area is 81.9 Å². The van der Waals surface area contributed by atoms with E-state index < -0.39 is 24.6 Å². The minimum absolute atomic E-state index is 0.257. The first kappa shape index (κ1) is 10.3. The molecule has 0 amide bonds. The molecule has 0 spiro atoms. The summed E-state index contributed by atoms with van der Waals surface area (Å²) in [5.74, 6) is -0.108. The van der Waals surface area contributed by atoms with E-state index in [1.807, 2.05) is 0 Å². The van der Waals surface area contributed by atoms with Crippen molar-refractivity contribution in [2.45, 2.75) is 37.4 Å². The summed E-state index contributed by atoms with van der Waals surface area (Å²) in [4.78, 5) is 0. The Kier molecular flexibility index (Phi) is 2.77. The molecule has 0 aromatic carbocycles. The highest BCUT2D eigenvalue weighted by Crippen LogP contribution is 2.43. The fourth-order valence-electron chi connectivity index (χ4n) is 2.17. The van der Waals surface area contributed by atoms with Gasteiger partial charge in [-0.15, -0.1) is 0 Å². The lowest BCUT2D eigenvalue weighted by molar-refractivity contribution is -0.276. The van der Waals surface area contributed by atoms with Gasteiger partial charge in [0.1, 0.15) is 12.2 Å². The summed E-state index contributed by atoms with van der Waals surface area (Å²) < 4.78 is 4.87. The number of rotatable bonds is 2. The van der Waals surface area contributed by atoms with Gasteiger partial charge in [-0.2, -0.15) is 0 Å². The second kappa shape index (κ2) is 3.75. The highest BCUT2D eigenvalue weighted by atomic mass is 16.6. The lowest BCUT2D eigenvalue weighted by Crippen LogP contribution is -2.56. The fraction of sp³-hybridized carbons (Fsp3) is 1.00. The molecule has 1 saturated heterocycles. The average molecular weight is 204 g/mol. The molecule has 14 heavy (non-hydrogen) atoms. The van der Waals surface area contributed by atoms with Gasteiger partial charge >= 0.3 is 0 Å². The van der Waals surface area contributed by atoms with E-state index in [4.69, 9.17) is 9.84 Å². The first-order valence-corrected chi connectivity index (χ1v) is 4.95. The number of hydrogen-bond donors (Lipinski definition) is 4. The molecule has 0 aromatic heterocycles.